The van der Waals surface area contributed by atoms with Crippen molar-refractivity contribution in [2.75, 3.05) is 0 Å². The van der Waals surface area contributed by atoms with Gasteiger partial charge in [-0.25, -0.2) is 0 Å². The first-order valence-electron chi connectivity index (χ1n) is 8.76. The summed E-state index contributed by atoms with van der Waals surface area (Å²) in [4.78, 5) is 21.1. The Balaban J connectivity index is 3.81. The highest BCUT2D eigenvalue weighted by atomic mass is 16.6. The van der Waals surface area contributed by atoms with Crippen LogP contribution in [0.15, 0.2) is 24.3 Å². The fraction of sp³-hybridized carbons (Fsp3) is 0.722. The maximum Gasteiger partial charge on any atom is 0.303 e. The standard InChI is InChI=1S/C18H31NO4/c1-2-3-4-5-6-8-11-14-17(19(22)23)15-12-9-7-10-13-16-18(20)21/h6,8,11,14,17H,2-5,7,9-10,12-13,15-16H2,1H3,(H,20,21). The van der Waals surface area contributed by atoms with Crippen LogP contribution in [0.1, 0.15) is 77.6 Å². The molecule has 0 radical (unpaired) electrons. The summed E-state index contributed by atoms with van der Waals surface area (Å²) >= 11 is 0. The molecule has 1 atom stereocenters. The number of hydrogen-bond donors (Lipinski definition) is 1. The van der Waals surface area contributed by atoms with Gasteiger partial charge >= 0.3 is 5.97 Å². The van der Waals surface area contributed by atoms with E-state index in [1.807, 2.05) is 6.08 Å². The highest BCUT2D eigenvalue weighted by Crippen LogP contribution is 2.11. The third kappa shape index (κ3) is 15.0. The lowest BCUT2D eigenvalue weighted by molar-refractivity contribution is -0.510. The van der Waals surface area contributed by atoms with E-state index < -0.39 is 12.0 Å². The molecule has 0 aliphatic rings. The molecular formula is C18H31NO4. The molecule has 5 heteroatoms. The number of nitrogens with zero attached hydrogens (tertiary/aromatic N) is 1. The van der Waals surface area contributed by atoms with Crippen molar-refractivity contribution in [3.8, 4) is 0 Å². The highest BCUT2D eigenvalue weighted by Gasteiger charge is 2.14. The summed E-state index contributed by atoms with van der Waals surface area (Å²) in [6, 6.07) is -0.616. The van der Waals surface area contributed by atoms with Crippen LogP contribution in [0.4, 0.5) is 0 Å². The average molecular weight is 325 g/mol. The zero-order valence-corrected chi connectivity index (χ0v) is 14.3. The summed E-state index contributed by atoms with van der Waals surface area (Å²) in [7, 11) is 0. The SMILES string of the molecule is CCCCCC=CC=CC(CCCCCCCC(=O)O)[N+](=O)[O-]. The molecule has 0 rings (SSSR count). The summed E-state index contributed by atoms with van der Waals surface area (Å²) in [5.74, 6) is -0.758. The largest absolute Gasteiger partial charge is 0.481 e. The van der Waals surface area contributed by atoms with Gasteiger partial charge in [0.25, 0.3) is 0 Å². The molecule has 0 aromatic heterocycles. The third-order valence-corrected chi connectivity index (χ3v) is 3.72. The van der Waals surface area contributed by atoms with E-state index in [0.29, 0.717) is 12.8 Å². The molecule has 0 fully saturated rings. The Morgan fingerprint density at radius 2 is 1.78 bits per heavy atom. The van der Waals surface area contributed by atoms with Crippen molar-refractivity contribution < 1.29 is 14.8 Å². The number of allylic oxidation sites excluding steroid dienone is 3. The second-order valence-corrected chi connectivity index (χ2v) is 5.86. The van der Waals surface area contributed by atoms with Gasteiger partial charge in [0.15, 0.2) is 0 Å². The topological polar surface area (TPSA) is 80.4 Å². The predicted molar refractivity (Wildman–Crippen MR) is 93.2 cm³/mol. The zero-order valence-electron chi connectivity index (χ0n) is 14.3. The summed E-state index contributed by atoms with van der Waals surface area (Å²) in [6.45, 7) is 2.16. The molecule has 0 saturated heterocycles. The van der Waals surface area contributed by atoms with E-state index in [1.54, 1.807) is 12.2 Å². The fourth-order valence-electron chi connectivity index (χ4n) is 2.31. The van der Waals surface area contributed by atoms with Crippen LogP contribution in [0.3, 0.4) is 0 Å². The molecule has 0 spiro atoms. The fourth-order valence-corrected chi connectivity index (χ4v) is 2.31. The van der Waals surface area contributed by atoms with Crippen molar-refractivity contribution in [1.82, 2.24) is 0 Å². The van der Waals surface area contributed by atoms with E-state index in [9.17, 15) is 14.9 Å². The van der Waals surface area contributed by atoms with Gasteiger partial charge in [0.1, 0.15) is 0 Å². The molecular weight excluding hydrogens is 294 g/mol. The van der Waals surface area contributed by atoms with Crippen LogP contribution in [0, 0.1) is 10.1 Å². The van der Waals surface area contributed by atoms with Crippen molar-refractivity contribution in [3.63, 3.8) is 0 Å². The van der Waals surface area contributed by atoms with Crippen molar-refractivity contribution >= 4 is 5.97 Å². The van der Waals surface area contributed by atoms with Gasteiger partial charge in [-0.3, -0.25) is 14.9 Å². The Morgan fingerprint density at radius 1 is 1.09 bits per heavy atom. The normalized spacial score (nSPS) is 12.9. The average Bonchev–Trinajstić information content (AvgIpc) is 2.50. The third-order valence-electron chi connectivity index (χ3n) is 3.72. The smallest absolute Gasteiger partial charge is 0.303 e. The summed E-state index contributed by atoms with van der Waals surface area (Å²) in [6.07, 6.45) is 17.0. The lowest BCUT2D eigenvalue weighted by Crippen LogP contribution is -2.16. The lowest BCUT2D eigenvalue weighted by Gasteiger charge is -2.04. The molecule has 0 amide bonds. The minimum Gasteiger partial charge on any atom is -0.481 e. The summed E-state index contributed by atoms with van der Waals surface area (Å²) in [5, 5.41) is 19.5. The second-order valence-electron chi connectivity index (χ2n) is 5.86. The molecule has 23 heavy (non-hydrogen) atoms. The first-order valence-corrected chi connectivity index (χ1v) is 8.76. The zero-order chi connectivity index (χ0) is 17.3. The second kappa shape index (κ2) is 15.3. The number of carboxylic acid groups (broad SMARTS) is 1. The molecule has 0 aromatic carbocycles. The maximum atomic E-state index is 11.0. The van der Waals surface area contributed by atoms with E-state index >= 15 is 0 Å². The minimum atomic E-state index is -0.758. The minimum absolute atomic E-state index is 0.213. The number of hydrogen-bond acceptors (Lipinski definition) is 3. The Labute approximate surface area is 139 Å². The van der Waals surface area contributed by atoms with Crippen molar-refractivity contribution in [2.45, 2.75) is 83.6 Å². The van der Waals surface area contributed by atoms with Gasteiger partial charge in [-0.2, -0.15) is 0 Å². The van der Waals surface area contributed by atoms with Gasteiger partial charge < -0.3 is 5.11 Å². The van der Waals surface area contributed by atoms with E-state index in [1.165, 1.54) is 19.3 Å². The molecule has 0 heterocycles. The van der Waals surface area contributed by atoms with Crippen LogP contribution in [0.5, 0.6) is 0 Å². The number of nitro groups is 1. The molecule has 0 aromatic rings. The van der Waals surface area contributed by atoms with Crippen LogP contribution in [-0.4, -0.2) is 22.0 Å². The Hall–Kier alpha value is -1.65. The lowest BCUT2D eigenvalue weighted by atomic mass is 10.1. The van der Waals surface area contributed by atoms with Crippen LogP contribution in [0.25, 0.3) is 0 Å². The molecule has 0 aliphatic carbocycles. The number of aliphatic carboxylic acids is 1. The maximum absolute atomic E-state index is 11.0. The van der Waals surface area contributed by atoms with E-state index in [2.05, 4.69) is 13.0 Å². The van der Waals surface area contributed by atoms with Gasteiger partial charge in [-0.15, -0.1) is 0 Å². The van der Waals surface area contributed by atoms with E-state index in [0.717, 1.165) is 32.1 Å². The van der Waals surface area contributed by atoms with Crippen molar-refractivity contribution in [2.24, 2.45) is 0 Å². The number of rotatable bonds is 15. The molecule has 5 nitrogen and oxygen atoms in total. The van der Waals surface area contributed by atoms with Crippen LogP contribution in [0.2, 0.25) is 0 Å². The first-order chi connectivity index (χ1) is 11.1. The quantitative estimate of drug-likeness (QED) is 0.196. The van der Waals surface area contributed by atoms with Crippen molar-refractivity contribution in [1.29, 1.82) is 0 Å². The van der Waals surface area contributed by atoms with Gasteiger partial charge in [0.2, 0.25) is 6.04 Å². The Bertz CT molecular complexity index is 377. The van der Waals surface area contributed by atoms with E-state index in [4.69, 9.17) is 5.11 Å². The highest BCUT2D eigenvalue weighted by molar-refractivity contribution is 5.66. The molecule has 132 valence electrons. The van der Waals surface area contributed by atoms with Crippen LogP contribution < -0.4 is 0 Å². The summed E-state index contributed by atoms with van der Waals surface area (Å²) in [5.41, 5.74) is 0. The molecule has 1 N–H and O–H groups in total. The van der Waals surface area contributed by atoms with Crippen molar-refractivity contribution in [3.05, 3.63) is 34.4 Å². The number of carboxylic acids is 1. The van der Waals surface area contributed by atoms with Gasteiger partial charge in [0.05, 0.1) is 0 Å². The van der Waals surface area contributed by atoms with E-state index in [-0.39, 0.29) is 11.3 Å². The molecule has 0 saturated carbocycles. The van der Waals surface area contributed by atoms with Gasteiger partial charge in [-0.1, -0.05) is 57.3 Å². The summed E-state index contributed by atoms with van der Waals surface area (Å²) < 4.78 is 0. The number of unbranched alkanes of at least 4 members (excludes halogenated alkanes) is 7. The molecule has 0 bridgehead atoms. The predicted octanol–water partition coefficient (Wildman–Crippen LogP) is 5.14. The monoisotopic (exact) mass is 325 g/mol. The Kier molecular flexibility index (Phi) is 14.2. The molecule has 1 unspecified atom stereocenters. The van der Waals surface area contributed by atoms with Gasteiger partial charge in [-0.05, 0) is 31.8 Å². The van der Waals surface area contributed by atoms with Crippen LogP contribution in [-0.2, 0) is 4.79 Å². The van der Waals surface area contributed by atoms with Crippen LogP contribution >= 0.6 is 0 Å². The Morgan fingerprint density at radius 3 is 2.43 bits per heavy atom. The van der Waals surface area contributed by atoms with Gasteiger partial charge in [0, 0.05) is 17.8 Å². The molecule has 0 aliphatic heterocycles. The number of carbonyl (C=O) groups is 1. The first kappa shape index (κ1) is 21.4.